The average Bonchev–Trinajstić information content (AvgIpc) is 2.48. The number of alkyl halides is 1. The maximum Gasteiger partial charge on any atom is 0.129 e. The molecule has 0 saturated heterocycles. The number of halogens is 3. The lowest BCUT2D eigenvalue weighted by atomic mass is 9.92. The third-order valence-corrected chi connectivity index (χ3v) is 4.35. The first-order chi connectivity index (χ1) is 8.16. The summed E-state index contributed by atoms with van der Waals surface area (Å²) in [5.74, 6) is -0.408. The highest BCUT2D eigenvalue weighted by Crippen LogP contribution is 2.31. The summed E-state index contributed by atoms with van der Waals surface area (Å²) in [6, 6.07) is 4.12. The lowest BCUT2D eigenvalue weighted by Gasteiger charge is -2.17. The molecule has 2 rings (SSSR count). The molecule has 0 bridgehead atoms. The van der Waals surface area contributed by atoms with Gasteiger partial charge in [-0.05, 0) is 37.3 Å². The quantitative estimate of drug-likeness (QED) is 0.541. The Morgan fingerprint density at radius 1 is 1.12 bits per heavy atom. The second-order valence-electron chi connectivity index (χ2n) is 4.89. The fraction of sp³-hybridized carbons (Fsp3) is 0.571. The topological polar surface area (TPSA) is 0 Å². The maximum absolute atomic E-state index is 13.6. The highest BCUT2D eigenvalue weighted by atomic mass is 79.9. The van der Waals surface area contributed by atoms with Gasteiger partial charge in [0.2, 0.25) is 0 Å². The van der Waals surface area contributed by atoms with Gasteiger partial charge in [0, 0.05) is 10.4 Å². The summed E-state index contributed by atoms with van der Waals surface area (Å²) < 4.78 is 27.1. The van der Waals surface area contributed by atoms with Gasteiger partial charge in [0.25, 0.3) is 0 Å². The van der Waals surface area contributed by atoms with Crippen molar-refractivity contribution in [3.63, 3.8) is 0 Å². The molecule has 3 heteroatoms. The van der Waals surface area contributed by atoms with E-state index >= 15 is 0 Å². The monoisotopic (exact) mass is 302 g/mol. The van der Waals surface area contributed by atoms with Crippen molar-refractivity contribution in [2.24, 2.45) is 5.92 Å². The maximum atomic E-state index is 13.6. The molecule has 0 aromatic heterocycles. The van der Waals surface area contributed by atoms with E-state index < -0.39 is 11.6 Å². The van der Waals surface area contributed by atoms with E-state index in [0.717, 1.165) is 12.8 Å². The van der Waals surface area contributed by atoms with Gasteiger partial charge >= 0.3 is 0 Å². The van der Waals surface area contributed by atoms with Gasteiger partial charge in [-0.2, -0.15) is 0 Å². The van der Waals surface area contributed by atoms with Crippen LogP contribution in [0.1, 0.15) is 37.7 Å². The third kappa shape index (κ3) is 3.51. The second kappa shape index (κ2) is 5.94. The molecule has 17 heavy (non-hydrogen) atoms. The van der Waals surface area contributed by atoms with E-state index in [2.05, 4.69) is 15.9 Å². The summed E-state index contributed by atoms with van der Waals surface area (Å²) in [4.78, 5) is 0.504. The highest BCUT2D eigenvalue weighted by molar-refractivity contribution is 9.09. The van der Waals surface area contributed by atoms with E-state index in [1.807, 2.05) is 0 Å². The van der Waals surface area contributed by atoms with E-state index in [4.69, 9.17) is 0 Å². The van der Waals surface area contributed by atoms with Crippen LogP contribution in [0.2, 0.25) is 0 Å². The van der Waals surface area contributed by atoms with Crippen molar-refractivity contribution >= 4 is 15.9 Å². The van der Waals surface area contributed by atoms with Crippen molar-refractivity contribution in [1.29, 1.82) is 0 Å². The summed E-state index contributed by atoms with van der Waals surface area (Å²) in [6.45, 7) is 0. The molecular weight excluding hydrogens is 286 g/mol. The second-order valence-corrected chi connectivity index (χ2v) is 6.18. The van der Waals surface area contributed by atoms with Crippen molar-refractivity contribution in [1.82, 2.24) is 0 Å². The van der Waals surface area contributed by atoms with Crippen molar-refractivity contribution in [3.8, 4) is 0 Å². The average molecular weight is 303 g/mol. The van der Waals surface area contributed by atoms with Crippen LogP contribution in [0.5, 0.6) is 0 Å². The molecule has 1 fully saturated rings. The Labute approximate surface area is 110 Å². The Kier molecular flexibility index (Phi) is 4.55. The summed E-state index contributed by atoms with van der Waals surface area (Å²) in [7, 11) is 0. The predicted molar refractivity (Wildman–Crippen MR) is 69.4 cm³/mol. The molecule has 2 unspecified atom stereocenters. The minimum Gasteiger partial charge on any atom is -0.207 e. The van der Waals surface area contributed by atoms with Crippen LogP contribution in [0, 0.1) is 17.6 Å². The Hall–Kier alpha value is -0.440. The van der Waals surface area contributed by atoms with Crippen molar-refractivity contribution < 1.29 is 8.78 Å². The summed E-state index contributed by atoms with van der Waals surface area (Å²) in [5, 5.41) is 0. The Bertz CT molecular complexity index is 358. The fourth-order valence-electron chi connectivity index (χ4n) is 2.60. The molecule has 0 spiro atoms. The third-order valence-electron chi connectivity index (χ3n) is 3.52. The van der Waals surface area contributed by atoms with Crippen LogP contribution in [-0.4, -0.2) is 4.83 Å². The first-order valence-corrected chi connectivity index (χ1v) is 7.15. The number of hydrogen-bond donors (Lipinski definition) is 0. The van der Waals surface area contributed by atoms with Crippen LogP contribution >= 0.6 is 15.9 Å². The fourth-order valence-corrected chi connectivity index (χ4v) is 3.45. The Balaban J connectivity index is 2.09. The number of benzene rings is 1. The Morgan fingerprint density at radius 3 is 2.47 bits per heavy atom. The highest BCUT2D eigenvalue weighted by Gasteiger charge is 2.21. The van der Waals surface area contributed by atoms with Gasteiger partial charge in [-0.1, -0.05) is 41.3 Å². The van der Waals surface area contributed by atoms with Gasteiger partial charge in [-0.15, -0.1) is 0 Å². The van der Waals surface area contributed by atoms with Crippen molar-refractivity contribution in [2.75, 3.05) is 0 Å². The van der Waals surface area contributed by atoms with Gasteiger partial charge in [-0.25, -0.2) is 8.78 Å². The van der Waals surface area contributed by atoms with Gasteiger partial charge in [0.15, 0.2) is 0 Å². The van der Waals surface area contributed by atoms with E-state index in [1.165, 1.54) is 37.5 Å². The SMILES string of the molecule is Fc1cccc(F)c1CC1CCCCC(Br)C1. The van der Waals surface area contributed by atoms with Crippen molar-refractivity contribution in [2.45, 2.75) is 43.4 Å². The summed E-state index contributed by atoms with van der Waals surface area (Å²) >= 11 is 3.64. The minimum absolute atomic E-state index is 0.263. The molecule has 0 radical (unpaired) electrons. The van der Waals surface area contributed by atoms with E-state index in [9.17, 15) is 8.78 Å². The van der Waals surface area contributed by atoms with Crippen LogP contribution < -0.4 is 0 Å². The van der Waals surface area contributed by atoms with Crippen LogP contribution in [0.4, 0.5) is 8.78 Å². The van der Waals surface area contributed by atoms with Crippen LogP contribution in [0.25, 0.3) is 0 Å². The molecule has 1 aromatic rings. The van der Waals surface area contributed by atoms with E-state index in [0.29, 0.717) is 17.2 Å². The molecular formula is C14H17BrF2. The lowest BCUT2D eigenvalue weighted by Crippen LogP contribution is -2.10. The van der Waals surface area contributed by atoms with Gasteiger partial charge < -0.3 is 0 Å². The molecule has 0 amide bonds. The molecule has 0 aliphatic heterocycles. The molecule has 2 atom stereocenters. The zero-order valence-corrected chi connectivity index (χ0v) is 11.3. The molecule has 1 aromatic carbocycles. The van der Waals surface area contributed by atoms with Gasteiger partial charge in [-0.3, -0.25) is 0 Å². The molecule has 1 saturated carbocycles. The Morgan fingerprint density at radius 2 is 1.76 bits per heavy atom. The summed E-state index contributed by atoms with van der Waals surface area (Å²) in [6.07, 6.45) is 6.19. The predicted octanol–water partition coefficient (Wildman–Crippen LogP) is 4.85. The largest absolute Gasteiger partial charge is 0.207 e. The lowest BCUT2D eigenvalue weighted by molar-refractivity contribution is 0.439. The first-order valence-electron chi connectivity index (χ1n) is 6.23. The molecule has 0 heterocycles. The zero-order valence-electron chi connectivity index (χ0n) is 9.76. The van der Waals surface area contributed by atoms with Crippen LogP contribution in [0.3, 0.4) is 0 Å². The number of hydrogen-bond acceptors (Lipinski definition) is 0. The zero-order chi connectivity index (χ0) is 12.3. The minimum atomic E-state index is -0.402. The van der Waals surface area contributed by atoms with Gasteiger partial charge in [0.1, 0.15) is 11.6 Å². The standard InChI is InChI=1S/C14H17BrF2/c15-11-5-2-1-4-10(8-11)9-12-13(16)6-3-7-14(12)17/h3,6-7,10-11H,1-2,4-5,8-9H2. The molecule has 1 aliphatic rings. The molecule has 0 nitrogen and oxygen atoms in total. The summed E-state index contributed by atoms with van der Waals surface area (Å²) in [5.41, 5.74) is 0.263. The van der Waals surface area contributed by atoms with Crippen molar-refractivity contribution in [3.05, 3.63) is 35.4 Å². The first kappa shape index (κ1) is 13.0. The van der Waals surface area contributed by atoms with E-state index in [1.54, 1.807) is 0 Å². The normalized spacial score (nSPS) is 25.6. The van der Waals surface area contributed by atoms with E-state index in [-0.39, 0.29) is 5.56 Å². The smallest absolute Gasteiger partial charge is 0.129 e. The van der Waals surface area contributed by atoms with Crippen LogP contribution in [0.15, 0.2) is 18.2 Å². The molecule has 1 aliphatic carbocycles. The molecule has 0 N–H and O–H groups in total. The van der Waals surface area contributed by atoms with Crippen LogP contribution in [-0.2, 0) is 6.42 Å². The molecule has 94 valence electrons. The van der Waals surface area contributed by atoms with Gasteiger partial charge in [0.05, 0.1) is 0 Å². The number of rotatable bonds is 2.